The van der Waals surface area contributed by atoms with Gasteiger partial charge >= 0.3 is 0 Å². The van der Waals surface area contributed by atoms with Crippen LogP contribution in [-0.2, 0) is 9.47 Å². The Hall–Kier alpha value is -0.0800. The third kappa shape index (κ3) is 5.85. The van der Waals surface area contributed by atoms with E-state index in [1.165, 1.54) is 12.8 Å². The van der Waals surface area contributed by atoms with Crippen molar-refractivity contribution in [1.29, 1.82) is 0 Å². The molecule has 0 saturated carbocycles. The van der Waals surface area contributed by atoms with Gasteiger partial charge in [-0.15, -0.1) is 24.0 Å². The van der Waals surface area contributed by atoms with E-state index in [0.29, 0.717) is 18.3 Å². The summed E-state index contributed by atoms with van der Waals surface area (Å²) in [4.78, 5) is 6.80. The van der Waals surface area contributed by atoms with Crippen molar-refractivity contribution in [2.45, 2.75) is 64.3 Å². The Bertz CT molecular complexity index is 323. The molecular formula is C16H32IN3O2. The minimum atomic E-state index is 0. The lowest BCUT2D eigenvalue weighted by atomic mass is 10.1. The van der Waals surface area contributed by atoms with Crippen molar-refractivity contribution in [2.24, 2.45) is 4.99 Å². The highest BCUT2D eigenvalue weighted by Gasteiger charge is 2.27. The van der Waals surface area contributed by atoms with E-state index in [2.05, 4.69) is 29.1 Å². The molecule has 2 heterocycles. The highest BCUT2D eigenvalue weighted by Crippen LogP contribution is 2.17. The van der Waals surface area contributed by atoms with Crippen LogP contribution in [0.3, 0.4) is 0 Å². The number of morpholine rings is 1. The molecule has 0 aromatic rings. The van der Waals surface area contributed by atoms with Crippen molar-refractivity contribution < 1.29 is 9.47 Å². The molecule has 5 nitrogen and oxygen atoms in total. The number of guanidine groups is 1. The largest absolute Gasteiger partial charge is 0.378 e. The van der Waals surface area contributed by atoms with Gasteiger partial charge in [-0.3, -0.25) is 4.99 Å². The van der Waals surface area contributed by atoms with E-state index >= 15 is 0 Å². The summed E-state index contributed by atoms with van der Waals surface area (Å²) in [6.07, 6.45) is 6.66. The first-order chi connectivity index (χ1) is 10.3. The van der Waals surface area contributed by atoms with Crippen molar-refractivity contribution in [1.82, 2.24) is 10.2 Å². The average molecular weight is 425 g/mol. The van der Waals surface area contributed by atoms with E-state index in [4.69, 9.17) is 9.47 Å². The highest BCUT2D eigenvalue weighted by molar-refractivity contribution is 14.0. The maximum Gasteiger partial charge on any atom is 0.193 e. The predicted molar refractivity (Wildman–Crippen MR) is 101 cm³/mol. The molecule has 0 bridgehead atoms. The van der Waals surface area contributed by atoms with E-state index in [-0.39, 0.29) is 24.0 Å². The van der Waals surface area contributed by atoms with Gasteiger partial charge in [0.15, 0.2) is 5.96 Å². The van der Waals surface area contributed by atoms with Crippen LogP contribution < -0.4 is 5.32 Å². The van der Waals surface area contributed by atoms with Crippen molar-refractivity contribution in [3.05, 3.63) is 0 Å². The number of halogens is 1. The molecule has 2 rings (SSSR count). The molecule has 1 N–H and O–H groups in total. The van der Waals surface area contributed by atoms with Gasteiger partial charge in [0, 0.05) is 33.3 Å². The second kappa shape index (κ2) is 10.6. The minimum Gasteiger partial charge on any atom is -0.378 e. The summed E-state index contributed by atoms with van der Waals surface area (Å²) in [5.74, 6) is 1.01. The van der Waals surface area contributed by atoms with Crippen LogP contribution in [0, 0.1) is 0 Å². The van der Waals surface area contributed by atoms with Gasteiger partial charge in [-0.2, -0.15) is 0 Å². The fourth-order valence-corrected chi connectivity index (χ4v) is 3.10. The fraction of sp³-hybridized carbons (Fsp3) is 0.938. The molecule has 2 aliphatic rings. The van der Waals surface area contributed by atoms with Crippen LogP contribution in [0.1, 0.15) is 46.0 Å². The summed E-state index contributed by atoms with van der Waals surface area (Å²) < 4.78 is 11.7. The van der Waals surface area contributed by atoms with Gasteiger partial charge < -0.3 is 19.7 Å². The molecule has 22 heavy (non-hydrogen) atoms. The van der Waals surface area contributed by atoms with Gasteiger partial charge in [0.25, 0.3) is 0 Å². The van der Waals surface area contributed by atoms with Crippen molar-refractivity contribution in [3.63, 3.8) is 0 Å². The number of nitrogens with zero attached hydrogens (tertiary/aromatic N) is 2. The van der Waals surface area contributed by atoms with Gasteiger partial charge in [-0.25, -0.2) is 0 Å². The summed E-state index contributed by atoms with van der Waals surface area (Å²) in [6.45, 7) is 8.11. The molecule has 0 amide bonds. The smallest absolute Gasteiger partial charge is 0.193 e. The Morgan fingerprint density at radius 2 is 1.86 bits per heavy atom. The number of rotatable bonds is 5. The zero-order valence-electron chi connectivity index (χ0n) is 14.2. The third-order valence-corrected chi connectivity index (χ3v) is 4.43. The summed E-state index contributed by atoms with van der Waals surface area (Å²) in [5, 5.41) is 3.50. The number of hydrogen-bond acceptors (Lipinski definition) is 3. The number of nitrogens with one attached hydrogen (secondary N) is 1. The molecule has 0 aliphatic carbocycles. The maximum absolute atomic E-state index is 6.05. The molecular weight excluding hydrogens is 393 g/mol. The molecule has 6 heteroatoms. The Kier molecular flexibility index (Phi) is 9.66. The minimum absolute atomic E-state index is 0. The Balaban J connectivity index is 0.00000242. The molecule has 130 valence electrons. The molecule has 2 aliphatic heterocycles. The zero-order valence-corrected chi connectivity index (χ0v) is 16.5. The maximum atomic E-state index is 6.05. The quantitative estimate of drug-likeness (QED) is 0.418. The van der Waals surface area contributed by atoms with Crippen molar-refractivity contribution in [3.8, 4) is 0 Å². The van der Waals surface area contributed by atoms with Crippen molar-refractivity contribution >= 4 is 29.9 Å². The van der Waals surface area contributed by atoms with E-state index in [0.717, 1.165) is 51.5 Å². The summed E-state index contributed by atoms with van der Waals surface area (Å²) >= 11 is 0. The van der Waals surface area contributed by atoms with Crippen LogP contribution in [0.25, 0.3) is 0 Å². The Morgan fingerprint density at radius 3 is 2.36 bits per heavy atom. The SMILES string of the molecule is CCC1CN(C(=NC)NCCC2CCCO2)CC(CC)O1.I. The van der Waals surface area contributed by atoms with Crippen LogP contribution in [0.5, 0.6) is 0 Å². The first-order valence-electron chi connectivity index (χ1n) is 8.49. The molecule has 0 aromatic carbocycles. The summed E-state index contributed by atoms with van der Waals surface area (Å²) in [7, 11) is 1.87. The van der Waals surface area contributed by atoms with E-state index in [1.807, 2.05) is 7.05 Å². The lowest BCUT2D eigenvalue weighted by Gasteiger charge is -2.39. The van der Waals surface area contributed by atoms with Gasteiger partial charge in [0.2, 0.25) is 0 Å². The lowest BCUT2D eigenvalue weighted by molar-refractivity contribution is -0.0695. The molecule has 2 fully saturated rings. The molecule has 3 unspecified atom stereocenters. The number of aliphatic imine (C=N–C) groups is 1. The predicted octanol–water partition coefficient (Wildman–Crippen LogP) is 2.64. The molecule has 3 atom stereocenters. The summed E-state index contributed by atoms with van der Waals surface area (Å²) in [5.41, 5.74) is 0. The summed E-state index contributed by atoms with van der Waals surface area (Å²) in [6, 6.07) is 0. The molecule has 0 spiro atoms. The first-order valence-corrected chi connectivity index (χ1v) is 8.49. The molecule has 0 aromatic heterocycles. The van der Waals surface area contributed by atoms with E-state index < -0.39 is 0 Å². The standard InChI is InChI=1S/C16H31N3O2.HI/c1-4-13-11-19(12-14(5-2)21-13)16(17-3)18-9-8-15-7-6-10-20-15;/h13-15H,4-12H2,1-3H3,(H,17,18);1H. The van der Waals surface area contributed by atoms with E-state index in [9.17, 15) is 0 Å². The van der Waals surface area contributed by atoms with Crippen molar-refractivity contribution in [2.75, 3.05) is 33.3 Å². The van der Waals surface area contributed by atoms with Gasteiger partial charge in [0.05, 0.1) is 18.3 Å². The van der Waals surface area contributed by atoms with Crippen LogP contribution >= 0.6 is 24.0 Å². The first kappa shape index (κ1) is 20.0. The normalized spacial score (nSPS) is 29.3. The fourth-order valence-electron chi connectivity index (χ4n) is 3.10. The Labute approximate surface area is 152 Å². The monoisotopic (exact) mass is 425 g/mol. The van der Waals surface area contributed by atoms with Crippen LogP contribution in [-0.4, -0.2) is 62.5 Å². The van der Waals surface area contributed by atoms with Crippen LogP contribution in [0.15, 0.2) is 4.99 Å². The highest BCUT2D eigenvalue weighted by atomic mass is 127. The molecule has 2 saturated heterocycles. The average Bonchev–Trinajstić information content (AvgIpc) is 3.04. The number of ether oxygens (including phenoxy) is 2. The van der Waals surface area contributed by atoms with Gasteiger partial charge in [-0.05, 0) is 32.1 Å². The second-order valence-electron chi connectivity index (χ2n) is 6.00. The second-order valence-corrected chi connectivity index (χ2v) is 6.00. The van der Waals surface area contributed by atoms with Crippen LogP contribution in [0.2, 0.25) is 0 Å². The third-order valence-electron chi connectivity index (χ3n) is 4.43. The van der Waals surface area contributed by atoms with E-state index in [1.54, 1.807) is 0 Å². The zero-order chi connectivity index (χ0) is 15.1. The lowest BCUT2D eigenvalue weighted by Crippen LogP contribution is -2.53. The van der Waals surface area contributed by atoms with Gasteiger partial charge in [0.1, 0.15) is 0 Å². The van der Waals surface area contributed by atoms with Crippen LogP contribution in [0.4, 0.5) is 0 Å². The topological polar surface area (TPSA) is 46.1 Å². The Morgan fingerprint density at radius 1 is 1.18 bits per heavy atom. The molecule has 0 radical (unpaired) electrons. The number of hydrogen-bond donors (Lipinski definition) is 1. The van der Waals surface area contributed by atoms with Gasteiger partial charge in [-0.1, -0.05) is 13.8 Å².